The van der Waals surface area contributed by atoms with Crippen LogP contribution in [0.4, 0.5) is 0 Å². The molecule has 0 bridgehead atoms. The number of benzene rings is 1. The van der Waals surface area contributed by atoms with Gasteiger partial charge >= 0.3 is 11.9 Å². The van der Waals surface area contributed by atoms with E-state index in [9.17, 15) is 30.0 Å². The Morgan fingerprint density at radius 1 is 0.962 bits per heavy atom. The molecule has 144 valence electrons. The number of aliphatic hydroxyl groups excluding tert-OH is 4. The van der Waals surface area contributed by atoms with Gasteiger partial charge in [0.25, 0.3) is 0 Å². The van der Waals surface area contributed by atoms with E-state index in [-0.39, 0.29) is 12.2 Å². The van der Waals surface area contributed by atoms with Crippen molar-refractivity contribution in [2.24, 2.45) is 0 Å². The highest BCUT2D eigenvalue weighted by molar-refractivity contribution is 5.78. The van der Waals surface area contributed by atoms with Crippen molar-refractivity contribution in [3.63, 3.8) is 0 Å². The summed E-state index contributed by atoms with van der Waals surface area (Å²) in [6.45, 7) is 0. The summed E-state index contributed by atoms with van der Waals surface area (Å²) in [6, 6.07) is 6.49. The van der Waals surface area contributed by atoms with Crippen LogP contribution in [0.2, 0.25) is 0 Å². The first-order valence-corrected chi connectivity index (χ1v) is 8.19. The molecule has 9 nitrogen and oxygen atoms in total. The average molecular weight is 370 g/mol. The van der Waals surface area contributed by atoms with Gasteiger partial charge in [0.15, 0.2) is 12.4 Å². The second kappa shape index (κ2) is 9.06. The number of aliphatic carboxylic acids is 1. The number of carbonyl (C=O) groups excluding carboxylic acids is 1. The van der Waals surface area contributed by atoms with Crippen LogP contribution >= 0.6 is 0 Å². The molecule has 0 amide bonds. The van der Waals surface area contributed by atoms with Crippen LogP contribution in [0.15, 0.2) is 24.3 Å². The van der Waals surface area contributed by atoms with Crippen LogP contribution in [-0.4, -0.2) is 68.2 Å². The Hall–Kier alpha value is -2.04. The summed E-state index contributed by atoms with van der Waals surface area (Å²) in [5.41, 5.74) is 0.943. The highest BCUT2D eigenvalue weighted by Crippen LogP contribution is 2.22. The number of aliphatic hydroxyl groups is 4. The van der Waals surface area contributed by atoms with Crippen LogP contribution in [0.25, 0.3) is 0 Å². The molecule has 0 spiro atoms. The number of ether oxygens (including phenoxy) is 2. The number of hydrogen-bond donors (Lipinski definition) is 5. The maximum atomic E-state index is 12.1. The summed E-state index contributed by atoms with van der Waals surface area (Å²) in [5.74, 6) is -1.67. The van der Waals surface area contributed by atoms with E-state index < -0.39 is 42.6 Å². The van der Waals surface area contributed by atoms with Crippen LogP contribution in [0.3, 0.4) is 0 Å². The van der Waals surface area contributed by atoms with Gasteiger partial charge in [-0.3, -0.25) is 4.79 Å². The number of rotatable bonds is 7. The Bertz CT molecular complexity index is 615. The zero-order valence-electron chi connectivity index (χ0n) is 13.9. The molecule has 1 aromatic rings. The third kappa shape index (κ3) is 5.23. The lowest BCUT2D eigenvalue weighted by Gasteiger charge is -2.36. The van der Waals surface area contributed by atoms with E-state index in [1.54, 1.807) is 12.1 Å². The molecular formula is C17H22O9. The van der Waals surface area contributed by atoms with E-state index in [4.69, 9.17) is 14.6 Å². The molecule has 2 rings (SSSR count). The number of hydrogen-bond acceptors (Lipinski definition) is 8. The number of aryl methyl sites for hydroxylation is 1. The minimum atomic E-state index is -1.82. The zero-order valence-corrected chi connectivity index (χ0v) is 13.9. The lowest BCUT2D eigenvalue weighted by molar-refractivity contribution is -0.279. The number of carbonyl (C=O) groups is 2. The minimum absolute atomic E-state index is 0.117. The Morgan fingerprint density at radius 2 is 1.62 bits per heavy atom. The van der Waals surface area contributed by atoms with Crippen molar-refractivity contribution in [2.45, 2.75) is 56.4 Å². The van der Waals surface area contributed by atoms with Gasteiger partial charge in [-0.1, -0.05) is 12.1 Å². The van der Waals surface area contributed by atoms with Crippen molar-refractivity contribution >= 4 is 11.9 Å². The Balaban J connectivity index is 1.88. The molecule has 1 fully saturated rings. The fourth-order valence-corrected chi connectivity index (χ4v) is 2.56. The molecular weight excluding hydrogens is 348 g/mol. The van der Waals surface area contributed by atoms with E-state index in [0.717, 1.165) is 5.56 Å². The van der Waals surface area contributed by atoms with E-state index in [2.05, 4.69) is 0 Å². The molecule has 5 N–H and O–H groups in total. The normalized spacial score (nSPS) is 28.5. The van der Waals surface area contributed by atoms with Gasteiger partial charge < -0.3 is 35.0 Å². The molecule has 5 atom stereocenters. The topological polar surface area (TPSA) is 154 Å². The maximum Gasteiger partial charge on any atom is 0.343 e. The first-order valence-electron chi connectivity index (χ1n) is 8.19. The number of carboxylic acids is 1. The van der Waals surface area contributed by atoms with Crippen LogP contribution in [0.1, 0.15) is 24.8 Å². The van der Waals surface area contributed by atoms with Crippen LogP contribution in [0, 0.1) is 0 Å². The average Bonchev–Trinajstić information content (AvgIpc) is 2.61. The first kappa shape index (κ1) is 20.3. The molecule has 1 heterocycles. The summed E-state index contributed by atoms with van der Waals surface area (Å²) >= 11 is 0. The first-order chi connectivity index (χ1) is 12.3. The number of esters is 1. The lowest BCUT2D eigenvalue weighted by Crippen LogP contribution is -2.60. The van der Waals surface area contributed by atoms with Gasteiger partial charge in [0.05, 0.1) is 0 Å². The quantitative estimate of drug-likeness (QED) is 0.235. The SMILES string of the molecule is O=C(O)CCCCc1ccc(OC(=O)[C@H]2O[C@@H](O)[C@H](O)[C@@H](O)[C@@H]2O)cc1. The van der Waals surface area contributed by atoms with Crippen molar-refractivity contribution in [1.82, 2.24) is 0 Å². The Labute approximate surface area is 149 Å². The Kier molecular flexibility index (Phi) is 7.06. The third-order valence-electron chi connectivity index (χ3n) is 4.07. The second-order valence-electron chi connectivity index (χ2n) is 6.08. The van der Waals surface area contributed by atoms with E-state index in [1.165, 1.54) is 12.1 Å². The molecule has 1 aliphatic rings. The summed E-state index contributed by atoms with van der Waals surface area (Å²) < 4.78 is 9.86. The molecule has 26 heavy (non-hydrogen) atoms. The largest absolute Gasteiger partial charge is 0.481 e. The van der Waals surface area contributed by atoms with Gasteiger partial charge in [0.2, 0.25) is 0 Å². The summed E-state index contributed by atoms with van der Waals surface area (Å²) in [4.78, 5) is 22.5. The van der Waals surface area contributed by atoms with Gasteiger partial charge in [0, 0.05) is 6.42 Å². The predicted octanol–water partition coefficient (Wildman–Crippen LogP) is -0.811. The molecule has 0 aliphatic carbocycles. The lowest BCUT2D eigenvalue weighted by atomic mass is 9.99. The van der Waals surface area contributed by atoms with Crippen LogP contribution < -0.4 is 4.74 Å². The number of carboxylic acid groups (broad SMARTS) is 1. The molecule has 9 heteroatoms. The van der Waals surface area contributed by atoms with Crippen molar-refractivity contribution in [3.8, 4) is 5.75 Å². The van der Waals surface area contributed by atoms with Gasteiger partial charge in [-0.05, 0) is 37.0 Å². The highest BCUT2D eigenvalue weighted by atomic mass is 16.7. The molecule has 1 aliphatic heterocycles. The van der Waals surface area contributed by atoms with Crippen LogP contribution in [0.5, 0.6) is 5.75 Å². The zero-order chi connectivity index (χ0) is 19.3. The fourth-order valence-electron chi connectivity index (χ4n) is 2.56. The van der Waals surface area contributed by atoms with Crippen molar-refractivity contribution in [2.75, 3.05) is 0 Å². The van der Waals surface area contributed by atoms with Gasteiger partial charge in [-0.25, -0.2) is 4.79 Å². The predicted molar refractivity (Wildman–Crippen MR) is 86.2 cm³/mol. The van der Waals surface area contributed by atoms with E-state index >= 15 is 0 Å². The minimum Gasteiger partial charge on any atom is -0.481 e. The summed E-state index contributed by atoms with van der Waals surface area (Å²) in [5, 5.41) is 46.8. The van der Waals surface area contributed by atoms with E-state index in [1.807, 2.05) is 0 Å². The van der Waals surface area contributed by atoms with Gasteiger partial charge in [-0.2, -0.15) is 0 Å². The molecule has 0 unspecified atom stereocenters. The number of unbranched alkanes of at least 4 members (excludes halogenated alkanes) is 1. The summed E-state index contributed by atoms with van der Waals surface area (Å²) in [7, 11) is 0. The molecule has 0 radical (unpaired) electrons. The van der Waals surface area contributed by atoms with Crippen molar-refractivity contribution in [1.29, 1.82) is 0 Å². The summed E-state index contributed by atoms with van der Waals surface area (Å²) in [6.07, 6.45) is -6.59. The second-order valence-corrected chi connectivity index (χ2v) is 6.08. The molecule has 1 aromatic carbocycles. The fraction of sp³-hybridized carbons (Fsp3) is 0.529. The molecule has 1 saturated heterocycles. The van der Waals surface area contributed by atoms with Crippen molar-refractivity contribution < 1.29 is 44.6 Å². The third-order valence-corrected chi connectivity index (χ3v) is 4.07. The Morgan fingerprint density at radius 3 is 2.23 bits per heavy atom. The van der Waals surface area contributed by atoms with Gasteiger partial charge in [-0.15, -0.1) is 0 Å². The maximum absolute atomic E-state index is 12.1. The smallest absolute Gasteiger partial charge is 0.343 e. The van der Waals surface area contributed by atoms with E-state index in [0.29, 0.717) is 19.3 Å². The molecule has 0 aromatic heterocycles. The highest BCUT2D eigenvalue weighted by Gasteiger charge is 2.47. The van der Waals surface area contributed by atoms with Gasteiger partial charge in [0.1, 0.15) is 24.1 Å². The standard InChI is InChI=1S/C17H22O9/c18-11(19)4-2-1-3-9-5-7-10(8-6-9)25-17(24)15-13(21)12(20)14(22)16(23)26-15/h5-8,12-16,20-23H,1-4H2,(H,18,19)/t12-,13-,14+,15-,16+/m0/s1. The van der Waals surface area contributed by atoms with Crippen LogP contribution in [-0.2, 0) is 20.7 Å². The van der Waals surface area contributed by atoms with Crippen molar-refractivity contribution in [3.05, 3.63) is 29.8 Å². The monoisotopic (exact) mass is 370 g/mol. The molecule has 0 saturated carbocycles.